The zero-order valence-electron chi connectivity index (χ0n) is 14.2. The topological polar surface area (TPSA) is 35.9 Å². The highest BCUT2D eigenvalue weighted by Gasteiger charge is 2.32. The van der Waals surface area contributed by atoms with Crippen LogP contribution in [0.2, 0.25) is 0 Å². The second-order valence-corrected chi connectivity index (χ2v) is 7.70. The number of carbonyl (C=O) groups excluding carboxylic acids is 1. The van der Waals surface area contributed by atoms with Gasteiger partial charge in [-0.3, -0.25) is 4.90 Å². The molecule has 0 bridgehead atoms. The number of benzene rings is 3. The first-order valence-corrected chi connectivity index (χ1v) is 9.97. The van der Waals surface area contributed by atoms with Gasteiger partial charge in [-0.2, -0.15) is 10.1 Å². The first-order chi connectivity index (χ1) is 13.1. The van der Waals surface area contributed by atoms with Gasteiger partial charge in [0.25, 0.3) is 0 Å². The Labute approximate surface area is 174 Å². The van der Waals surface area contributed by atoms with Crippen molar-refractivity contribution in [2.24, 2.45) is 5.10 Å². The fourth-order valence-electron chi connectivity index (χ4n) is 2.95. The molecule has 27 heavy (non-hydrogen) atoms. The Hall–Kier alpha value is -2.44. The molecule has 0 aromatic heterocycles. The summed E-state index contributed by atoms with van der Waals surface area (Å²) in [6, 6.07) is 25.0. The molecule has 1 heterocycles. The van der Waals surface area contributed by atoms with Gasteiger partial charge in [-0.25, -0.2) is 4.79 Å². The number of nitrogens with zero attached hydrogens (tertiary/aromatic N) is 3. The number of halogens is 2. The van der Waals surface area contributed by atoms with E-state index in [2.05, 4.69) is 37.0 Å². The van der Waals surface area contributed by atoms with Crippen molar-refractivity contribution in [1.29, 1.82) is 0 Å². The number of para-hydroxylation sites is 2. The van der Waals surface area contributed by atoms with E-state index in [9.17, 15) is 4.79 Å². The summed E-state index contributed by atoms with van der Waals surface area (Å²) in [5.74, 6) is 0. The molecule has 4 nitrogen and oxygen atoms in total. The fraction of sp³-hybridized carbons (Fsp3) is 0.0476. The molecule has 3 aromatic carbocycles. The lowest BCUT2D eigenvalue weighted by Crippen LogP contribution is -2.49. The molecule has 0 spiro atoms. The van der Waals surface area contributed by atoms with Gasteiger partial charge in [0, 0.05) is 8.95 Å². The van der Waals surface area contributed by atoms with Crippen LogP contribution < -0.4 is 9.91 Å². The summed E-state index contributed by atoms with van der Waals surface area (Å²) in [7, 11) is 0. The molecular formula is C21H15Br2N3O. The second kappa shape index (κ2) is 7.66. The lowest BCUT2D eigenvalue weighted by Gasteiger charge is -2.34. The van der Waals surface area contributed by atoms with E-state index in [-0.39, 0.29) is 6.03 Å². The van der Waals surface area contributed by atoms with Crippen LogP contribution in [0.4, 0.5) is 16.2 Å². The molecule has 0 atom stereocenters. The van der Waals surface area contributed by atoms with Gasteiger partial charge in [-0.1, -0.05) is 54.6 Å². The van der Waals surface area contributed by atoms with E-state index < -0.39 is 0 Å². The molecule has 0 unspecified atom stereocenters. The zero-order valence-corrected chi connectivity index (χ0v) is 17.4. The minimum absolute atomic E-state index is 0.200. The lowest BCUT2D eigenvalue weighted by atomic mass is 10.1. The summed E-state index contributed by atoms with van der Waals surface area (Å²) in [4.78, 5) is 15.0. The Kier molecular flexibility index (Phi) is 5.09. The highest BCUT2D eigenvalue weighted by atomic mass is 79.9. The third-order valence-electron chi connectivity index (χ3n) is 4.27. The van der Waals surface area contributed by atoms with Crippen LogP contribution in [0.1, 0.15) is 5.56 Å². The Balaban J connectivity index is 1.85. The summed E-state index contributed by atoms with van der Waals surface area (Å²) in [6.07, 6.45) is 0. The number of hydrogen-bond acceptors (Lipinski definition) is 2. The average Bonchev–Trinajstić information content (AvgIpc) is 2.70. The molecule has 2 amide bonds. The smallest absolute Gasteiger partial charge is 0.285 e. The number of carbonyl (C=O) groups is 1. The van der Waals surface area contributed by atoms with Crippen molar-refractivity contribution in [2.75, 3.05) is 16.5 Å². The highest BCUT2D eigenvalue weighted by Crippen LogP contribution is 2.33. The van der Waals surface area contributed by atoms with Crippen molar-refractivity contribution in [2.45, 2.75) is 0 Å². The van der Waals surface area contributed by atoms with E-state index >= 15 is 0 Å². The van der Waals surface area contributed by atoms with E-state index in [4.69, 9.17) is 0 Å². The molecule has 1 aliphatic rings. The van der Waals surface area contributed by atoms with Crippen molar-refractivity contribution in [3.8, 4) is 0 Å². The first kappa shape index (κ1) is 17.9. The van der Waals surface area contributed by atoms with Gasteiger partial charge in [0.05, 0.1) is 23.6 Å². The second-order valence-electron chi connectivity index (χ2n) is 6.00. The Morgan fingerprint density at radius 3 is 1.93 bits per heavy atom. The van der Waals surface area contributed by atoms with E-state index in [0.29, 0.717) is 12.2 Å². The third-order valence-corrected chi connectivity index (χ3v) is 5.61. The van der Waals surface area contributed by atoms with Gasteiger partial charge in [0.1, 0.15) is 0 Å². The van der Waals surface area contributed by atoms with Crippen LogP contribution in [0.25, 0.3) is 0 Å². The van der Waals surface area contributed by atoms with Crippen LogP contribution in [0, 0.1) is 0 Å². The minimum atomic E-state index is -0.200. The Bertz CT molecular complexity index is 1020. The van der Waals surface area contributed by atoms with E-state index in [1.165, 1.54) is 5.01 Å². The summed E-state index contributed by atoms with van der Waals surface area (Å²) < 4.78 is 1.67. The third kappa shape index (κ3) is 3.55. The van der Waals surface area contributed by atoms with Gasteiger partial charge >= 0.3 is 6.03 Å². The number of hydrogen-bond donors (Lipinski definition) is 0. The maximum absolute atomic E-state index is 13.3. The van der Waals surface area contributed by atoms with E-state index in [0.717, 1.165) is 25.9 Å². The van der Waals surface area contributed by atoms with Gasteiger partial charge in [0.2, 0.25) is 0 Å². The minimum Gasteiger partial charge on any atom is -0.285 e. The van der Waals surface area contributed by atoms with Gasteiger partial charge in [-0.15, -0.1) is 0 Å². The van der Waals surface area contributed by atoms with Crippen molar-refractivity contribution >= 4 is 55.0 Å². The summed E-state index contributed by atoms with van der Waals surface area (Å²) >= 11 is 7.10. The number of rotatable bonds is 3. The average molecular weight is 485 g/mol. The van der Waals surface area contributed by atoms with Crippen LogP contribution >= 0.6 is 31.9 Å². The molecule has 0 saturated heterocycles. The normalized spacial score (nSPS) is 14.3. The van der Waals surface area contributed by atoms with E-state index in [1.807, 2.05) is 78.9 Å². The lowest BCUT2D eigenvalue weighted by molar-refractivity contribution is 0.251. The van der Waals surface area contributed by atoms with Crippen LogP contribution in [0.3, 0.4) is 0 Å². The van der Waals surface area contributed by atoms with Crippen molar-refractivity contribution in [3.63, 3.8) is 0 Å². The standard InChI is InChI=1S/C21H15Br2N3O/c22-16-10-4-6-12-19(16)25-14-18(15-8-2-1-3-9-15)24-26(21(25)27)20-13-7-5-11-17(20)23/h1-13H,14H2. The molecule has 3 aromatic rings. The molecule has 4 rings (SSSR count). The SMILES string of the molecule is O=C1N(c2ccccc2Br)CC(c2ccccc2)=NN1c1ccccc1Br. The summed E-state index contributed by atoms with van der Waals surface area (Å²) in [5, 5.41) is 6.14. The van der Waals surface area contributed by atoms with Gasteiger partial charge in [0.15, 0.2) is 0 Å². The van der Waals surface area contributed by atoms with Crippen LogP contribution in [0.5, 0.6) is 0 Å². The molecule has 0 saturated carbocycles. The molecule has 0 fully saturated rings. The predicted molar refractivity (Wildman–Crippen MR) is 116 cm³/mol. The molecule has 134 valence electrons. The van der Waals surface area contributed by atoms with E-state index in [1.54, 1.807) is 4.90 Å². The van der Waals surface area contributed by atoms with Crippen LogP contribution in [-0.4, -0.2) is 18.3 Å². The molecule has 0 N–H and O–H groups in total. The van der Waals surface area contributed by atoms with Crippen molar-refractivity contribution in [1.82, 2.24) is 0 Å². The molecule has 0 radical (unpaired) electrons. The number of amides is 2. The zero-order chi connectivity index (χ0) is 18.8. The Morgan fingerprint density at radius 2 is 1.30 bits per heavy atom. The number of anilines is 2. The number of urea groups is 1. The maximum Gasteiger partial charge on any atom is 0.350 e. The van der Waals surface area contributed by atoms with Crippen LogP contribution in [-0.2, 0) is 0 Å². The summed E-state index contributed by atoms with van der Waals surface area (Å²) in [6.45, 7) is 0.395. The largest absolute Gasteiger partial charge is 0.350 e. The van der Waals surface area contributed by atoms with Gasteiger partial charge in [-0.05, 0) is 61.7 Å². The predicted octanol–water partition coefficient (Wildman–Crippen LogP) is 6.06. The molecule has 1 aliphatic heterocycles. The molecule has 6 heteroatoms. The number of hydrazone groups is 1. The van der Waals surface area contributed by atoms with Crippen molar-refractivity contribution < 1.29 is 4.79 Å². The maximum atomic E-state index is 13.3. The quantitative estimate of drug-likeness (QED) is 0.444. The first-order valence-electron chi connectivity index (χ1n) is 8.39. The monoisotopic (exact) mass is 483 g/mol. The highest BCUT2D eigenvalue weighted by molar-refractivity contribution is 9.11. The summed E-state index contributed by atoms with van der Waals surface area (Å²) in [5.41, 5.74) is 3.32. The van der Waals surface area contributed by atoms with Crippen molar-refractivity contribution in [3.05, 3.63) is 93.4 Å². The molecular weight excluding hydrogens is 470 g/mol. The fourth-order valence-corrected chi connectivity index (χ4v) is 3.90. The van der Waals surface area contributed by atoms with Crippen LogP contribution in [0.15, 0.2) is 92.9 Å². The Morgan fingerprint density at radius 1 is 0.741 bits per heavy atom. The van der Waals surface area contributed by atoms with Gasteiger partial charge < -0.3 is 0 Å². The molecule has 0 aliphatic carbocycles.